The Balaban J connectivity index is 2.33. The Hall–Kier alpha value is -0.780. The zero-order valence-electron chi connectivity index (χ0n) is 7.22. The first-order chi connectivity index (χ1) is 5.23. The van der Waals surface area contributed by atoms with Gasteiger partial charge in [0.25, 0.3) is 0 Å². The van der Waals surface area contributed by atoms with E-state index < -0.39 is 0 Å². The monoisotopic (exact) mass is 146 g/mol. The van der Waals surface area contributed by atoms with E-state index in [4.69, 9.17) is 0 Å². The summed E-state index contributed by atoms with van der Waals surface area (Å²) in [6.45, 7) is 4.61. The Labute approximate surface area is 68.3 Å². The van der Waals surface area contributed by atoms with Crippen molar-refractivity contribution in [1.29, 1.82) is 0 Å². The average Bonchev–Trinajstić information content (AvgIpc) is 2.46. The molecule has 0 aliphatic heterocycles. The van der Waals surface area contributed by atoms with E-state index in [2.05, 4.69) is 38.2 Å². The lowest BCUT2D eigenvalue weighted by Gasteiger charge is -2.18. The molecule has 0 N–H and O–H groups in total. The molecule has 0 saturated carbocycles. The van der Waals surface area contributed by atoms with E-state index in [-0.39, 0.29) is 0 Å². The van der Waals surface area contributed by atoms with Gasteiger partial charge in [-0.15, -0.1) is 0 Å². The summed E-state index contributed by atoms with van der Waals surface area (Å²) in [4.78, 5) is 0. The van der Waals surface area contributed by atoms with Crippen LogP contribution in [0.25, 0.3) is 0 Å². The van der Waals surface area contributed by atoms with Gasteiger partial charge in [0.2, 0.25) is 0 Å². The first-order valence-electron chi connectivity index (χ1n) is 4.34. The Morgan fingerprint density at radius 2 is 2.36 bits per heavy atom. The molecule has 0 fully saturated rings. The van der Waals surface area contributed by atoms with Crippen LogP contribution in [-0.4, -0.2) is 0 Å². The molecule has 2 aliphatic rings. The van der Waals surface area contributed by atoms with Gasteiger partial charge in [-0.2, -0.15) is 0 Å². The fourth-order valence-electron chi connectivity index (χ4n) is 1.86. The predicted octanol–water partition coefficient (Wildman–Crippen LogP) is 3.23. The van der Waals surface area contributed by atoms with Crippen LogP contribution in [0.4, 0.5) is 0 Å². The molecule has 0 spiro atoms. The van der Waals surface area contributed by atoms with Crippen LogP contribution in [0.2, 0.25) is 0 Å². The van der Waals surface area contributed by atoms with Crippen molar-refractivity contribution in [3.63, 3.8) is 0 Å². The van der Waals surface area contributed by atoms with E-state index >= 15 is 0 Å². The third-order valence-electron chi connectivity index (χ3n) is 2.85. The normalized spacial score (nSPS) is 33.6. The van der Waals surface area contributed by atoms with E-state index in [1.807, 2.05) is 0 Å². The summed E-state index contributed by atoms with van der Waals surface area (Å²) in [5, 5.41) is 0. The number of hydrogen-bond donors (Lipinski definition) is 0. The fourth-order valence-corrected chi connectivity index (χ4v) is 1.86. The number of rotatable bonds is 1. The molecule has 0 radical (unpaired) electrons. The molecule has 0 bridgehead atoms. The van der Waals surface area contributed by atoms with E-state index in [1.54, 1.807) is 0 Å². The molecule has 11 heavy (non-hydrogen) atoms. The van der Waals surface area contributed by atoms with Gasteiger partial charge in [-0.25, -0.2) is 0 Å². The van der Waals surface area contributed by atoms with E-state index in [0.717, 1.165) is 0 Å². The van der Waals surface area contributed by atoms with Crippen molar-refractivity contribution in [3.05, 3.63) is 35.5 Å². The predicted molar refractivity (Wildman–Crippen MR) is 48.3 cm³/mol. The summed E-state index contributed by atoms with van der Waals surface area (Å²) < 4.78 is 0. The molecule has 0 aromatic heterocycles. The lowest BCUT2D eigenvalue weighted by Crippen LogP contribution is -2.06. The van der Waals surface area contributed by atoms with Gasteiger partial charge in [-0.3, -0.25) is 0 Å². The van der Waals surface area contributed by atoms with Crippen molar-refractivity contribution in [3.8, 4) is 0 Å². The van der Waals surface area contributed by atoms with Crippen LogP contribution in [0.15, 0.2) is 35.5 Å². The smallest absolute Gasteiger partial charge is 0.00995 e. The van der Waals surface area contributed by atoms with Gasteiger partial charge in [-0.05, 0) is 29.4 Å². The lowest BCUT2D eigenvalue weighted by molar-refractivity contribution is 0.426. The van der Waals surface area contributed by atoms with Crippen LogP contribution in [0.1, 0.15) is 26.7 Å². The maximum Gasteiger partial charge on any atom is -0.00995 e. The van der Waals surface area contributed by atoms with Crippen LogP contribution >= 0.6 is 0 Å². The quantitative estimate of drug-likeness (QED) is 0.532. The molecule has 0 heterocycles. The molecule has 0 heteroatoms. The van der Waals surface area contributed by atoms with Gasteiger partial charge in [0.15, 0.2) is 0 Å². The maximum atomic E-state index is 2.42. The van der Waals surface area contributed by atoms with E-state index in [9.17, 15) is 0 Å². The highest BCUT2D eigenvalue weighted by Crippen LogP contribution is 2.43. The van der Waals surface area contributed by atoms with Gasteiger partial charge in [0.1, 0.15) is 0 Å². The Morgan fingerprint density at radius 1 is 1.55 bits per heavy atom. The van der Waals surface area contributed by atoms with Crippen molar-refractivity contribution >= 4 is 0 Å². The molecule has 0 amide bonds. The first kappa shape index (κ1) is 6.90. The topological polar surface area (TPSA) is 0 Å². The van der Waals surface area contributed by atoms with E-state index in [1.165, 1.54) is 24.0 Å². The average molecular weight is 146 g/mol. The number of fused-ring (bicyclic) bond motifs is 1. The van der Waals surface area contributed by atoms with Crippen molar-refractivity contribution in [2.75, 3.05) is 0 Å². The Kier molecular flexibility index (Phi) is 1.32. The highest BCUT2D eigenvalue weighted by atomic mass is 14.3. The summed E-state index contributed by atoms with van der Waals surface area (Å²) in [6, 6.07) is 0. The van der Waals surface area contributed by atoms with Crippen molar-refractivity contribution < 1.29 is 0 Å². The largest absolute Gasteiger partial charge is 0.0707 e. The van der Waals surface area contributed by atoms with Gasteiger partial charge in [-0.1, -0.05) is 38.2 Å². The van der Waals surface area contributed by atoms with Crippen molar-refractivity contribution in [1.82, 2.24) is 0 Å². The zero-order valence-corrected chi connectivity index (χ0v) is 7.22. The number of hydrogen-bond acceptors (Lipinski definition) is 0. The van der Waals surface area contributed by atoms with Crippen LogP contribution in [0.5, 0.6) is 0 Å². The molecule has 0 nitrogen and oxygen atoms in total. The Bertz CT molecular complexity index is 266. The van der Waals surface area contributed by atoms with Gasteiger partial charge >= 0.3 is 0 Å². The SMILES string of the molecule is CCC1(C)C=C2C=CC=C2C1. The summed E-state index contributed by atoms with van der Waals surface area (Å²) in [5.74, 6) is 0. The first-order valence-corrected chi connectivity index (χ1v) is 4.34. The van der Waals surface area contributed by atoms with Gasteiger partial charge in [0.05, 0.1) is 0 Å². The molecular weight excluding hydrogens is 132 g/mol. The van der Waals surface area contributed by atoms with Crippen LogP contribution in [0, 0.1) is 5.41 Å². The summed E-state index contributed by atoms with van der Waals surface area (Å²) in [6.07, 6.45) is 11.5. The molecular formula is C11H14. The van der Waals surface area contributed by atoms with Crippen LogP contribution in [-0.2, 0) is 0 Å². The fraction of sp³-hybridized carbons (Fsp3) is 0.455. The minimum atomic E-state index is 0.450. The molecule has 2 aliphatic carbocycles. The molecule has 1 atom stereocenters. The number of allylic oxidation sites excluding steroid dienone is 6. The summed E-state index contributed by atoms with van der Waals surface area (Å²) >= 11 is 0. The van der Waals surface area contributed by atoms with Crippen LogP contribution in [0.3, 0.4) is 0 Å². The third kappa shape index (κ3) is 0.973. The highest BCUT2D eigenvalue weighted by Gasteiger charge is 2.29. The van der Waals surface area contributed by atoms with Gasteiger partial charge in [0, 0.05) is 0 Å². The van der Waals surface area contributed by atoms with Gasteiger partial charge < -0.3 is 0 Å². The maximum absolute atomic E-state index is 2.42. The van der Waals surface area contributed by atoms with Crippen molar-refractivity contribution in [2.45, 2.75) is 26.7 Å². The molecule has 1 unspecified atom stereocenters. The molecule has 0 saturated heterocycles. The van der Waals surface area contributed by atoms with E-state index in [0.29, 0.717) is 5.41 Å². The molecule has 2 rings (SSSR count). The standard InChI is InChI=1S/C11H14/c1-3-11(2)7-9-5-4-6-10(9)8-11/h4-7H,3,8H2,1-2H3. The summed E-state index contributed by atoms with van der Waals surface area (Å²) in [7, 11) is 0. The molecule has 0 aromatic rings. The second kappa shape index (κ2) is 2.10. The van der Waals surface area contributed by atoms with Crippen molar-refractivity contribution in [2.24, 2.45) is 5.41 Å². The lowest BCUT2D eigenvalue weighted by atomic mass is 9.86. The minimum Gasteiger partial charge on any atom is -0.0707 e. The zero-order chi connectivity index (χ0) is 7.90. The minimum absolute atomic E-state index is 0.450. The third-order valence-corrected chi connectivity index (χ3v) is 2.85. The second-order valence-corrected chi connectivity index (χ2v) is 3.84. The summed E-state index contributed by atoms with van der Waals surface area (Å²) in [5.41, 5.74) is 3.45. The Morgan fingerprint density at radius 3 is 3.00 bits per heavy atom. The molecule has 58 valence electrons. The molecule has 0 aromatic carbocycles. The van der Waals surface area contributed by atoms with Crippen LogP contribution < -0.4 is 0 Å². The highest BCUT2D eigenvalue weighted by molar-refractivity contribution is 5.53. The second-order valence-electron chi connectivity index (χ2n) is 3.84.